The molecule has 1 amide bonds. The van der Waals surface area contributed by atoms with Crippen molar-refractivity contribution in [3.63, 3.8) is 0 Å². The second-order valence-corrected chi connectivity index (χ2v) is 9.12. The average molecular weight is 465 g/mol. The number of carbonyl (C=O) groups is 1. The molecule has 2 aromatic rings. The molecule has 2 heterocycles. The van der Waals surface area contributed by atoms with Crippen LogP contribution in [0.25, 0.3) is 0 Å². The van der Waals surface area contributed by atoms with Crippen molar-refractivity contribution in [3.8, 4) is 11.5 Å². The van der Waals surface area contributed by atoms with Gasteiger partial charge in [-0.15, -0.1) is 0 Å². The topological polar surface area (TPSA) is 57.6 Å². The number of hydrogen-bond donors (Lipinski definition) is 0. The maximum atomic E-state index is 13.6. The van der Waals surface area contributed by atoms with Gasteiger partial charge in [0.1, 0.15) is 11.5 Å². The fraction of sp³-hybridized carbons (Fsp3) is 0.481. The van der Waals surface area contributed by atoms with Crippen LogP contribution in [-0.2, 0) is 4.79 Å². The lowest BCUT2D eigenvalue weighted by Gasteiger charge is -2.34. The van der Waals surface area contributed by atoms with Gasteiger partial charge >= 0.3 is 0 Å². The van der Waals surface area contributed by atoms with Crippen LogP contribution in [0.1, 0.15) is 41.6 Å². The Labute approximate surface area is 202 Å². The van der Waals surface area contributed by atoms with Gasteiger partial charge in [-0.05, 0) is 55.3 Å². The molecule has 4 rings (SSSR count). The zero-order valence-electron chi connectivity index (χ0n) is 21.0. The molecule has 0 bridgehead atoms. The fourth-order valence-corrected chi connectivity index (χ4v) is 4.70. The van der Waals surface area contributed by atoms with Gasteiger partial charge in [-0.2, -0.15) is 5.10 Å². The zero-order valence-corrected chi connectivity index (χ0v) is 21.0. The molecular formula is C27H36N4O3. The van der Waals surface area contributed by atoms with Gasteiger partial charge in [0.25, 0.3) is 5.91 Å². The number of piperazine rings is 1. The van der Waals surface area contributed by atoms with Gasteiger partial charge < -0.3 is 14.4 Å². The highest BCUT2D eigenvalue weighted by Crippen LogP contribution is 2.39. The largest absolute Gasteiger partial charge is 0.497 e. The number of benzene rings is 2. The monoisotopic (exact) mass is 464 g/mol. The van der Waals surface area contributed by atoms with Gasteiger partial charge in [0.2, 0.25) is 0 Å². The van der Waals surface area contributed by atoms with Crippen LogP contribution in [0.4, 0.5) is 0 Å². The second kappa shape index (κ2) is 10.6. The van der Waals surface area contributed by atoms with Gasteiger partial charge in [-0.3, -0.25) is 9.69 Å². The van der Waals surface area contributed by atoms with Crippen molar-refractivity contribution in [2.75, 3.05) is 53.5 Å². The van der Waals surface area contributed by atoms with Crippen molar-refractivity contribution in [3.05, 3.63) is 58.7 Å². The molecule has 182 valence electrons. The van der Waals surface area contributed by atoms with E-state index in [2.05, 4.69) is 48.8 Å². The van der Waals surface area contributed by atoms with Crippen LogP contribution < -0.4 is 9.47 Å². The first-order valence-electron chi connectivity index (χ1n) is 12.1. The number of aryl methyl sites for hydroxylation is 2. The lowest BCUT2D eigenvalue weighted by molar-refractivity contribution is -0.134. The van der Waals surface area contributed by atoms with Gasteiger partial charge in [-0.1, -0.05) is 19.1 Å². The Bertz CT molecular complexity index is 1060. The Morgan fingerprint density at radius 1 is 0.971 bits per heavy atom. The molecule has 1 atom stereocenters. The molecule has 0 spiro atoms. The summed E-state index contributed by atoms with van der Waals surface area (Å²) in [5, 5.41) is 6.56. The van der Waals surface area contributed by atoms with Crippen LogP contribution in [0.15, 0.2) is 41.5 Å². The normalized spacial score (nSPS) is 19.3. The quantitative estimate of drug-likeness (QED) is 0.626. The van der Waals surface area contributed by atoms with Crippen LogP contribution in [0.3, 0.4) is 0 Å². The number of hydrogen-bond acceptors (Lipinski definition) is 6. The van der Waals surface area contributed by atoms with E-state index < -0.39 is 0 Å². The highest BCUT2D eigenvalue weighted by atomic mass is 16.5. The van der Waals surface area contributed by atoms with E-state index >= 15 is 0 Å². The number of nitrogens with zero attached hydrogens (tertiary/aromatic N) is 4. The van der Waals surface area contributed by atoms with E-state index in [4.69, 9.17) is 14.6 Å². The highest BCUT2D eigenvalue weighted by Gasteiger charge is 2.36. The summed E-state index contributed by atoms with van der Waals surface area (Å²) in [6.07, 6.45) is 0.639. The molecule has 0 unspecified atom stereocenters. The van der Waals surface area contributed by atoms with E-state index in [1.165, 1.54) is 11.1 Å². The van der Waals surface area contributed by atoms with Crippen molar-refractivity contribution >= 4 is 11.6 Å². The van der Waals surface area contributed by atoms with E-state index in [1.807, 2.05) is 18.2 Å². The molecule has 0 radical (unpaired) electrons. The molecule has 1 saturated heterocycles. The predicted octanol–water partition coefficient (Wildman–Crippen LogP) is 3.64. The first-order chi connectivity index (χ1) is 16.4. The fourth-order valence-electron chi connectivity index (χ4n) is 4.70. The van der Waals surface area contributed by atoms with Gasteiger partial charge in [0.05, 0.1) is 32.5 Å². The molecule has 2 aromatic carbocycles. The minimum atomic E-state index is -0.220. The van der Waals surface area contributed by atoms with E-state index in [0.29, 0.717) is 18.7 Å². The predicted molar refractivity (Wildman–Crippen MR) is 135 cm³/mol. The number of likely N-dealkylation sites (N-methyl/N-ethyl adjacent to an activating group) is 1. The summed E-state index contributed by atoms with van der Waals surface area (Å²) in [7, 11) is 3.29. The SMILES string of the molecule is CCN1CCN(CC(=O)N2N=C(c3ccc(C)c(C)c3)C[C@H]2c2ccc(OC)cc2OC)CC1. The number of methoxy groups -OCH3 is 2. The molecular weight excluding hydrogens is 428 g/mol. The molecule has 2 aliphatic rings. The van der Waals surface area contributed by atoms with Gasteiger partial charge in [0, 0.05) is 44.2 Å². The molecule has 7 nitrogen and oxygen atoms in total. The van der Waals surface area contributed by atoms with Gasteiger partial charge in [0.15, 0.2) is 0 Å². The third kappa shape index (κ3) is 5.10. The number of ether oxygens (including phenoxy) is 2. The minimum absolute atomic E-state index is 0.0200. The summed E-state index contributed by atoms with van der Waals surface area (Å²) in [4.78, 5) is 18.2. The summed E-state index contributed by atoms with van der Waals surface area (Å²) >= 11 is 0. The van der Waals surface area contributed by atoms with E-state index in [0.717, 1.165) is 55.3 Å². The van der Waals surface area contributed by atoms with Crippen LogP contribution in [-0.4, -0.2) is 79.9 Å². The lowest BCUT2D eigenvalue weighted by atomic mass is 9.96. The van der Waals surface area contributed by atoms with E-state index in [1.54, 1.807) is 19.2 Å². The first kappa shape index (κ1) is 24.2. The standard InChI is InChI=1S/C27H36N4O3/c1-6-29-11-13-30(14-12-29)18-27(32)31-25(23-10-9-22(33-4)16-26(23)34-5)17-24(28-31)21-8-7-19(2)20(3)15-21/h7-10,15-16,25H,6,11-14,17-18H2,1-5H3/t25-/m0/s1. The summed E-state index contributed by atoms with van der Waals surface area (Å²) in [6, 6.07) is 11.9. The van der Waals surface area contributed by atoms with E-state index in [-0.39, 0.29) is 11.9 Å². The second-order valence-electron chi connectivity index (χ2n) is 9.12. The molecule has 34 heavy (non-hydrogen) atoms. The number of amides is 1. The van der Waals surface area contributed by atoms with Crippen molar-refractivity contribution in [2.24, 2.45) is 5.10 Å². The molecule has 7 heteroatoms. The van der Waals surface area contributed by atoms with Crippen molar-refractivity contribution in [1.82, 2.24) is 14.8 Å². The summed E-state index contributed by atoms with van der Waals surface area (Å²) < 4.78 is 11.1. The van der Waals surface area contributed by atoms with Gasteiger partial charge in [-0.25, -0.2) is 5.01 Å². The number of carbonyl (C=O) groups excluding carboxylic acids is 1. The smallest absolute Gasteiger partial charge is 0.257 e. The van der Waals surface area contributed by atoms with Crippen LogP contribution >= 0.6 is 0 Å². The Kier molecular flexibility index (Phi) is 7.54. The third-order valence-corrected chi connectivity index (χ3v) is 7.08. The highest BCUT2D eigenvalue weighted by molar-refractivity contribution is 6.03. The summed E-state index contributed by atoms with van der Waals surface area (Å²) in [5.74, 6) is 1.45. The molecule has 0 aliphatic carbocycles. The molecule has 1 fully saturated rings. The average Bonchev–Trinajstić information content (AvgIpc) is 3.31. The molecule has 0 saturated carbocycles. The number of rotatable bonds is 7. The Morgan fingerprint density at radius 3 is 2.35 bits per heavy atom. The summed E-state index contributed by atoms with van der Waals surface area (Å²) in [5.41, 5.74) is 5.39. The maximum Gasteiger partial charge on any atom is 0.257 e. The number of hydrazone groups is 1. The Hall–Kier alpha value is -2.90. The first-order valence-corrected chi connectivity index (χ1v) is 12.1. The van der Waals surface area contributed by atoms with Crippen molar-refractivity contribution < 1.29 is 14.3 Å². The minimum Gasteiger partial charge on any atom is -0.497 e. The molecule has 0 aromatic heterocycles. The third-order valence-electron chi connectivity index (χ3n) is 7.08. The van der Waals surface area contributed by atoms with Crippen LogP contribution in [0.5, 0.6) is 11.5 Å². The van der Waals surface area contributed by atoms with E-state index in [9.17, 15) is 4.79 Å². The Morgan fingerprint density at radius 2 is 1.71 bits per heavy atom. The van der Waals surface area contributed by atoms with Crippen molar-refractivity contribution in [1.29, 1.82) is 0 Å². The zero-order chi connectivity index (χ0) is 24.2. The summed E-state index contributed by atoms with van der Waals surface area (Å²) in [6.45, 7) is 11.6. The Balaban J connectivity index is 1.63. The lowest BCUT2D eigenvalue weighted by Crippen LogP contribution is -2.49. The molecule has 2 aliphatic heterocycles. The maximum absolute atomic E-state index is 13.6. The molecule has 0 N–H and O–H groups in total. The van der Waals surface area contributed by atoms with Crippen LogP contribution in [0, 0.1) is 13.8 Å². The van der Waals surface area contributed by atoms with Crippen molar-refractivity contribution in [2.45, 2.75) is 33.2 Å². The van der Waals surface area contributed by atoms with Crippen LogP contribution in [0.2, 0.25) is 0 Å².